The molecule has 112 valence electrons. The van der Waals surface area contributed by atoms with Gasteiger partial charge in [0, 0.05) is 15.1 Å². The topological polar surface area (TPSA) is 25.2 Å². The summed E-state index contributed by atoms with van der Waals surface area (Å²) in [5, 5.41) is 4.50. The van der Waals surface area contributed by atoms with Crippen molar-refractivity contribution < 1.29 is 4.42 Å². The Morgan fingerprint density at radius 3 is 2.50 bits per heavy atom. The maximum atomic E-state index is 6.12. The second-order valence-electron chi connectivity index (χ2n) is 4.75. The zero-order valence-electron chi connectivity index (χ0n) is 11.4. The van der Waals surface area contributed by atoms with Gasteiger partial charge in [-0.3, -0.25) is 0 Å². The smallest absolute Gasteiger partial charge is 0.134 e. The van der Waals surface area contributed by atoms with Gasteiger partial charge in [0.25, 0.3) is 0 Å². The maximum Gasteiger partial charge on any atom is 0.134 e. The van der Waals surface area contributed by atoms with Crippen molar-refractivity contribution in [2.45, 2.75) is 6.54 Å². The van der Waals surface area contributed by atoms with Crippen molar-refractivity contribution in [1.82, 2.24) is 0 Å². The number of hydrogen-bond acceptors (Lipinski definition) is 2. The Kier molecular flexibility index (Phi) is 4.77. The van der Waals surface area contributed by atoms with Gasteiger partial charge in [-0.1, -0.05) is 51.3 Å². The van der Waals surface area contributed by atoms with E-state index in [0.29, 0.717) is 16.6 Å². The largest absolute Gasteiger partial charge is 0.459 e. The summed E-state index contributed by atoms with van der Waals surface area (Å²) in [4.78, 5) is 0. The van der Waals surface area contributed by atoms with E-state index in [2.05, 4.69) is 21.2 Å². The summed E-state index contributed by atoms with van der Waals surface area (Å²) in [6.45, 7) is 0.538. The predicted molar refractivity (Wildman–Crippen MR) is 95.6 cm³/mol. The number of hydrogen-bond donors (Lipinski definition) is 1. The molecule has 1 heterocycles. The molecule has 0 amide bonds. The van der Waals surface area contributed by atoms with Gasteiger partial charge in [0.05, 0.1) is 17.3 Å². The van der Waals surface area contributed by atoms with Crippen LogP contribution in [0.15, 0.2) is 63.5 Å². The van der Waals surface area contributed by atoms with Crippen LogP contribution in [0.25, 0.3) is 11.3 Å². The van der Waals surface area contributed by atoms with Crippen LogP contribution in [0, 0.1) is 0 Å². The van der Waals surface area contributed by atoms with Crippen LogP contribution in [0.4, 0.5) is 5.69 Å². The highest BCUT2D eigenvalue weighted by Gasteiger charge is 2.06. The molecule has 3 aromatic rings. The molecule has 0 aliphatic carbocycles. The van der Waals surface area contributed by atoms with E-state index in [0.717, 1.165) is 27.2 Å². The molecule has 0 fully saturated rings. The highest BCUT2D eigenvalue weighted by molar-refractivity contribution is 9.10. The molecule has 0 saturated carbocycles. The molecule has 0 aliphatic heterocycles. The molecule has 0 unspecified atom stereocenters. The van der Waals surface area contributed by atoms with Crippen LogP contribution in [0.2, 0.25) is 10.0 Å². The molecule has 0 saturated heterocycles. The molecule has 5 heteroatoms. The lowest BCUT2D eigenvalue weighted by Gasteiger charge is -2.07. The van der Waals surface area contributed by atoms with Crippen molar-refractivity contribution >= 4 is 44.8 Å². The second kappa shape index (κ2) is 6.78. The predicted octanol–water partition coefficient (Wildman–Crippen LogP) is 6.63. The minimum Gasteiger partial charge on any atom is -0.459 e. The molecule has 1 aromatic heterocycles. The highest BCUT2D eigenvalue weighted by atomic mass is 79.9. The van der Waals surface area contributed by atoms with Gasteiger partial charge >= 0.3 is 0 Å². The number of halogens is 3. The third-order valence-electron chi connectivity index (χ3n) is 3.17. The zero-order valence-corrected chi connectivity index (χ0v) is 14.5. The lowest BCUT2D eigenvalue weighted by Crippen LogP contribution is -1.98. The van der Waals surface area contributed by atoms with Crippen molar-refractivity contribution in [3.8, 4) is 11.3 Å². The molecule has 0 bridgehead atoms. The maximum absolute atomic E-state index is 6.12. The van der Waals surface area contributed by atoms with E-state index in [9.17, 15) is 0 Å². The minimum atomic E-state index is 0.538. The van der Waals surface area contributed by atoms with Crippen LogP contribution < -0.4 is 5.32 Å². The number of furan rings is 1. The summed E-state index contributed by atoms with van der Waals surface area (Å²) in [6, 6.07) is 17.2. The highest BCUT2D eigenvalue weighted by Crippen LogP contribution is 2.27. The van der Waals surface area contributed by atoms with E-state index in [1.165, 1.54) is 0 Å². The first kappa shape index (κ1) is 15.5. The summed E-state index contributed by atoms with van der Waals surface area (Å²) in [5.41, 5.74) is 1.82. The monoisotopic (exact) mass is 395 g/mol. The molecule has 0 aliphatic rings. The summed E-state index contributed by atoms with van der Waals surface area (Å²) >= 11 is 15.5. The van der Waals surface area contributed by atoms with Crippen molar-refractivity contribution in [3.63, 3.8) is 0 Å². The fourth-order valence-corrected chi connectivity index (χ4v) is 2.68. The fourth-order valence-electron chi connectivity index (χ4n) is 2.06. The third-order valence-corrected chi connectivity index (χ3v) is 4.27. The Bertz CT molecular complexity index is 784. The number of benzene rings is 2. The molecule has 0 radical (unpaired) electrons. The summed E-state index contributed by atoms with van der Waals surface area (Å²) in [5.74, 6) is 1.66. The number of anilines is 1. The molecule has 22 heavy (non-hydrogen) atoms. The first-order valence-electron chi connectivity index (χ1n) is 6.65. The van der Waals surface area contributed by atoms with Crippen LogP contribution in [0.5, 0.6) is 0 Å². The van der Waals surface area contributed by atoms with Crippen LogP contribution >= 0.6 is 39.1 Å². The molecule has 2 nitrogen and oxygen atoms in total. The SMILES string of the molecule is Clc1ccc(Cl)c(NCc2ccc(-c3ccc(Br)cc3)o2)c1. The van der Waals surface area contributed by atoms with E-state index in [-0.39, 0.29) is 0 Å². The number of nitrogens with one attached hydrogen (secondary N) is 1. The van der Waals surface area contributed by atoms with Gasteiger partial charge in [-0.25, -0.2) is 0 Å². The first-order valence-corrected chi connectivity index (χ1v) is 8.20. The van der Waals surface area contributed by atoms with Crippen LogP contribution in [-0.2, 0) is 6.54 Å². The lowest BCUT2D eigenvalue weighted by molar-refractivity contribution is 0.531. The zero-order chi connectivity index (χ0) is 15.5. The molecular formula is C17H12BrCl2NO. The van der Waals surface area contributed by atoms with Crippen molar-refractivity contribution in [2.75, 3.05) is 5.32 Å². The van der Waals surface area contributed by atoms with Gasteiger partial charge < -0.3 is 9.73 Å². The summed E-state index contributed by atoms with van der Waals surface area (Å²) in [6.07, 6.45) is 0. The Morgan fingerprint density at radius 1 is 0.955 bits per heavy atom. The van der Waals surface area contributed by atoms with E-state index in [1.807, 2.05) is 36.4 Å². The molecule has 0 spiro atoms. The quantitative estimate of drug-likeness (QED) is 0.535. The van der Waals surface area contributed by atoms with Crippen molar-refractivity contribution in [1.29, 1.82) is 0 Å². The fraction of sp³-hybridized carbons (Fsp3) is 0.0588. The van der Waals surface area contributed by atoms with E-state index in [4.69, 9.17) is 27.6 Å². The standard InChI is InChI=1S/C17H12BrCl2NO/c18-12-3-1-11(2-4-12)17-8-6-14(22-17)10-21-16-9-13(19)5-7-15(16)20/h1-9,21H,10H2. The Hall–Kier alpha value is -1.42. The molecule has 0 atom stereocenters. The van der Waals surface area contributed by atoms with Gasteiger partial charge in [-0.2, -0.15) is 0 Å². The molecule has 2 aromatic carbocycles. The van der Waals surface area contributed by atoms with Crippen LogP contribution in [-0.4, -0.2) is 0 Å². The lowest BCUT2D eigenvalue weighted by atomic mass is 10.2. The van der Waals surface area contributed by atoms with E-state index < -0.39 is 0 Å². The second-order valence-corrected chi connectivity index (χ2v) is 6.51. The Morgan fingerprint density at radius 2 is 1.73 bits per heavy atom. The summed E-state index contributed by atoms with van der Waals surface area (Å²) < 4.78 is 6.89. The van der Waals surface area contributed by atoms with Gasteiger partial charge in [0.1, 0.15) is 11.5 Å². The van der Waals surface area contributed by atoms with Gasteiger partial charge in [-0.05, 0) is 42.5 Å². The average Bonchev–Trinajstić information content (AvgIpc) is 2.98. The Balaban J connectivity index is 1.72. The molecule has 1 N–H and O–H groups in total. The average molecular weight is 397 g/mol. The van der Waals surface area contributed by atoms with Gasteiger partial charge in [0.15, 0.2) is 0 Å². The first-order chi connectivity index (χ1) is 10.6. The van der Waals surface area contributed by atoms with E-state index in [1.54, 1.807) is 18.2 Å². The van der Waals surface area contributed by atoms with Gasteiger partial charge in [-0.15, -0.1) is 0 Å². The summed E-state index contributed by atoms with van der Waals surface area (Å²) in [7, 11) is 0. The van der Waals surface area contributed by atoms with Crippen molar-refractivity contribution in [2.24, 2.45) is 0 Å². The van der Waals surface area contributed by atoms with Crippen LogP contribution in [0.3, 0.4) is 0 Å². The van der Waals surface area contributed by atoms with Crippen LogP contribution in [0.1, 0.15) is 5.76 Å². The minimum absolute atomic E-state index is 0.538. The molecular weight excluding hydrogens is 385 g/mol. The third kappa shape index (κ3) is 3.67. The number of rotatable bonds is 4. The van der Waals surface area contributed by atoms with Crippen molar-refractivity contribution in [3.05, 3.63) is 74.9 Å². The normalized spacial score (nSPS) is 10.7. The van der Waals surface area contributed by atoms with E-state index >= 15 is 0 Å². The van der Waals surface area contributed by atoms with Gasteiger partial charge in [0.2, 0.25) is 0 Å². The Labute approximate surface area is 147 Å². The molecule has 3 rings (SSSR count).